The quantitative estimate of drug-likeness (QED) is 0.455. The summed E-state index contributed by atoms with van der Waals surface area (Å²) in [4.78, 5) is 0. The summed E-state index contributed by atoms with van der Waals surface area (Å²) in [7, 11) is 0. The largest absolute Gasteiger partial charge is 0.103 e. The van der Waals surface area contributed by atoms with Gasteiger partial charge in [0.05, 0.1) is 0 Å². The molecule has 0 heterocycles. The second kappa shape index (κ2) is 2.34. The molecule has 0 spiro atoms. The van der Waals surface area contributed by atoms with E-state index in [2.05, 4.69) is 19.6 Å². The molecule has 0 bridgehead atoms. The second-order valence-corrected chi connectivity index (χ2v) is 2.91. The van der Waals surface area contributed by atoms with Crippen LogP contribution in [0.3, 0.4) is 0 Å². The van der Waals surface area contributed by atoms with Crippen LogP contribution in [-0.2, 0) is 0 Å². The topological polar surface area (TPSA) is 0 Å². The van der Waals surface area contributed by atoms with Gasteiger partial charge in [-0.25, -0.2) is 0 Å². The molecule has 0 amide bonds. The molecule has 2 atom stereocenters. The summed E-state index contributed by atoms with van der Waals surface area (Å²) >= 11 is 0. The molecule has 8 heavy (non-hydrogen) atoms. The van der Waals surface area contributed by atoms with E-state index in [1.165, 1.54) is 19.3 Å². The lowest BCUT2D eigenvalue weighted by atomic mass is 10.1. The predicted octanol–water partition coefficient (Wildman–Crippen LogP) is 2.61. The minimum Gasteiger partial charge on any atom is -0.103 e. The Kier molecular flexibility index (Phi) is 1.72. The van der Waals surface area contributed by atoms with Crippen molar-refractivity contribution in [1.82, 2.24) is 0 Å². The zero-order valence-corrected chi connectivity index (χ0v) is 5.56. The number of rotatable bonds is 1. The highest BCUT2D eigenvalue weighted by Gasteiger charge is 2.17. The van der Waals surface area contributed by atoms with Crippen LogP contribution in [0.5, 0.6) is 0 Å². The molecule has 1 rings (SSSR count). The minimum atomic E-state index is 0.838. The Bertz CT molecular complexity index is 84.0. The summed E-state index contributed by atoms with van der Waals surface area (Å²) in [5, 5.41) is 0. The fourth-order valence-corrected chi connectivity index (χ4v) is 1.47. The first-order valence-corrected chi connectivity index (χ1v) is 3.45. The maximum Gasteiger partial charge on any atom is -0.0234 e. The molecule has 0 aromatic carbocycles. The smallest absolute Gasteiger partial charge is 0.0234 e. The molecule has 0 N–H and O–H groups in total. The molecule has 1 fully saturated rings. The van der Waals surface area contributed by atoms with Crippen molar-refractivity contribution in [2.24, 2.45) is 11.8 Å². The Morgan fingerprint density at radius 1 is 1.50 bits per heavy atom. The van der Waals surface area contributed by atoms with Gasteiger partial charge in [-0.15, -0.1) is 6.58 Å². The summed E-state index contributed by atoms with van der Waals surface area (Å²) in [6, 6.07) is 0. The normalized spacial score (nSPS) is 37.6. The zero-order chi connectivity index (χ0) is 5.98. The molecule has 46 valence electrons. The van der Waals surface area contributed by atoms with Crippen LogP contribution >= 0.6 is 0 Å². The highest BCUT2D eigenvalue weighted by molar-refractivity contribution is 4.85. The zero-order valence-electron chi connectivity index (χ0n) is 5.56. The van der Waals surface area contributed by atoms with Gasteiger partial charge in [0.15, 0.2) is 0 Å². The van der Waals surface area contributed by atoms with Gasteiger partial charge >= 0.3 is 0 Å². The van der Waals surface area contributed by atoms with Crippen molar-refractivity contribution >= 4 is 0 Å². The van der Waals surface area contributed by atoms with Crippen molar-refractivity contribution in [2.75, 3.05) is 0 Å². The molecule has 0 aromatic rings. The van der Waals surface area contributed by atoms with E-state index in [0.717, 1.165) is 11.8 Å². The van der Waals surface area contributed by atoms with Crippen LogP contribution in [-0.4, -0.2) is 0 Å². The standard InChI is InChI=1S/C8H14/c1-3-8-5-4-7(2)6-8/h3,7-8H,1,4-6H2,2H3/t7?,8-/m0/s1. The predicted molar refractivity (Wildman–Crippen MR) is 36.7 cm³/mol. The van der Waals surface area contributed by atoms with E-state index in [1.807, 2.05) is 0 Å². The Balaban J connectivity index is 2.32. The Labute approximate surface area is 51.6 Å². The molecule has 0 aliphatic heterocycles. The lowest BCUT2D eigenvalue weighted by Gasteiger charge is -1.98. The van der Waals surface area contributed by atoms with Gasteiger partial charge in [-0.2, -0.15) is 0 Å². The van der Waals surface area contributed by atoms with Crippen LogP contribution in [0.25, 0.3) is 0 Å². The molecule has 1 aliphatic carbocycles. The van der Waals surface area contributed by atoms with E-state index in [9.17, 15) is 0 Å². The summed E-state index contributed by atoms with van der Waals surface area (Å²) in [6.45, 7) is 6.10. The first-order chi connectivity index (χ1) is 3.83. The highest BCUT2D eigenvalue weighted by atomic mass is 14.2. The molecule has 0 radical (unpaired) electrons. The molecule has 0 heteroatoms. The summed E-state index contributed by atoms with van der Waals surface area (Å²) in [5.41, 5.74) is 0. The monoisotopic (exact) mass is 110 g/mol. The van der Waals surface area contributed by atoms with Crippen LogP contribution in [0.1, 0.15) is 26.2 Å². The van der Waals surface area contributed by atoms with E-state index in [0.29, 0.717) is 0 Å². The van der Waals surface area contributed by atoms with E-state index in [4.69, 9.17) is 0 Å². The molecule has 0 saturated heterocycles. The number of allylic oxidation sites excluding steroid dienone is 1. The van der Waals surface area contributed by atoms with Gasteiger partial charge < -0.3 is 0 Å². The van der Waals surface area contributed by atoms with Crippen molar-refractivity contribution in [3.63, 3.8) is 0 Å². The first kappa shape index (κ1) is 5.87. The molecule has 0 nitrogen and oxygen atoms in total. The van der Waals surface area contributed by atoms with Crippen LogP contribution in [0, 0.1) is 11.8 Å². The third-order valence-corrected chi connectivity index (χ3v) is 2.07. The van der Waals surface area contributed by atoms with E-state index in [-0.39, 0.29) is 0 Å². The molecule has 1 aliphatic rings. The maximum atomic E-state index is 3.78. The van der Waals surface area contributed by atoms with Crippen LogP contribution in [0.4, 0.5) is 0 Å². The third-order valence-electron chi connectivity index (χ3n) is 2.07. The van der Waals surface area contributed by atoms with Crippen LogP contribution < -0.4 is 0 Å². The van der Waals surface area contributed by atoms with Gasteiger partial charge in [-0.3, -0.25) is 0 Å². The highest BCUT2D eigenvalue weighted by Crippen LogP contribution is 2.30. The van der Waals surface area contributed by atoms with Crippen LogP contribution in [0.2, 0.25) is 0 Å². The number of hydrogen-bond donors (Lipinski definition) is 0. The number of hydrogen-bond acceptors (Lipinski definition) is 0. The van der Waals surface area contributed by atoms with E-state index >= 15 is 0 Å². The average molecular weight is 110 g/mol. The van der Waals surface area contributed by atoms with Gasteiger partial charge in [0.1, 0.15) is 0 Å². The Morgan fingerprint density at radius 3 is 2.50 bits per heavy atom. The van der Waals surface area contributed by atoms with Crippen molar-refractivity contribution in [3.05, 3.63) is 12.7 Å². The minimum absolute atomic E-state index is 0.838. The summed E-state index contributed by atoms with van der Waals surface area (Å²) in [6.07, 6.45) is 6.27. The molecule has 1 unspecified atom stereocenters. The van der Waals surface area contributed by atoms with Gasteiger partial charge in [-0.1, -0.05) is 19.4 Å². The van der Waals surface area contributed by atoms with Gasteiger partial charge in [0.25, 0.3) is 0 Å². The SMILES string of the molecule is C=C[C@H]1CCC(C)C1. The Morgan fingerprint density at radius 2 is 2.25 bits per heavy atom. The lowest BCUT2D eigenvalue weighted by molar-refractivity contribution is 0.586. The van der Waals surface area contributed by atoms with Crippen molar-refractivity contribution < 1.29 is 0 Å². The third kappa shape index (κ3) is 1.12. The van der Waals surface area contributed by atoms with Gasteiger partial charge in [0.2, 0.25) is 0 Å². The summed E-state index contributed by atoms with van der Waals surface area (Å²) in [5.74, 6) is 1.79. The molecule has 0 aromatic heterocycles. The fraction of sp³-hybridized carbons (Fsp3) is 0.750. The van der Waals surface area contributed by atoms with Gasteiger partial charge in [0, 0.05) is 0 Å². The first-order valence-electron chi connectivity index (χ1n) is 3.45. The van der Waals surface area contributed by atoms with E-state index in [1.54, 1.807) is 0 Å². The average Bonchev–Trinajstić information content (AvgIpc) is 2.14. The lowest BCUT2D eigenvalue weighted by Crippen LogP contribution is -1.86. The van der Waals surface area contributed by atoms with Crippen molar-refractivity contribution in [2.45, 2.75) is 26.2 Å². The molecular formula is C8H14. The fourth-order valence-electron chi connectivity index (χ4n) is 1.47. The molecular weight excluding hydrogens is 96.1 g/mol. The van der Waals surface area contributed by atoms with E-state index < -0.39 is 0 Å². The molecule has 1 saturated carbocycles. The summed E-state index contributed by atoms with van der Waals surface area (Å²) < 4.78 is 0. The van der Waals surface area contributed by atoms with Crippen molar-refractivity contribution in [1.29, 1.82) is 0 Å². The van der Waals surface area contributed by atoms with Crippen LogP contribution in [0.15, 0.2) is 12.7 Å². The maximum absolute atomic E-state index is 3.78. The van der Waals surface area contributed by atoms with Crippen molar-refractivity contribution in [3.8, 4) is 0 Å². The second-order valence-electron chi connectivity index (χ2n) is 2.91. The Hall–Kier alpha value is -0.260. The van der Waals surface area contributed by atoms with Gasteiger partial charge in [-0.05, 0) is 24.7 Å².